The Morgan fingerprint density at radius 1 is 1.62 bits per heavy atom. The quantitative estimate of drug-likeness (QED) is 0.483. The summed E-state index contributed by atoms with van der Waals surface area (Å²) in [7, 11) is 0. The maximum Gasteiger partial charge on any atom is 0.113 e. The van der Waals surface area contributed by atoms with E-state index >= 15 is 0 Å². The van der Waals surface area contributed by atoms with E-state index in [1.54, 1.807) is 0 Å². The van der Waals surface area contributed by atoms with Crippen LogP contribution in [0.3, 0.4) is 0 Å². The SMILES string of the molecule is C[CH]C1OC1C1CO1. The fourth-order valence-corrected chi connectivity index (χ4v) is 0.949. The summed E-state index contributed by atoms with van der Waals surface area (Å²) < 4.78 is 10.2. The molecular weight excluding hydrogens is 104 g/mol. The van der Waals surface area contributed by atoms with Crippen LogP contribution in [0.4, 0.5) is 0 Å². The van der Waals surface area contributed by atoms with Crippen LogP contribution in [0.1, 0.15) is 6.92 Å². The van der Waals surface area contributed by atoms with Crippen molar-refractivity contribution in [1.29, 1.82) is 0 Å². The molecule has 2 heterocycles. The number of ether oxygens (including phenoxy) is 2. The first-order chi connectivity index (χ1) is 3.92. The van der Waals surface area contributed by atoms with Crippen molar-refractivity contribution in [3.05, 3.63) is 6.42 Å². The van der Waals surface area contributed by atoms with Gasteiger partial charge in [-0.3, -0.25) is 0 Å². The lowest BCUT2D eigenvalue weighted by molar-refractivity contribution is 0.319. The van der Waals surface area contributed by atoms with Gasteiger partial charge < -0.3 is 9.47 Å². The molecule has 2 nitrogen and oxygen atoms in total. The molecule has 2 saturated heterocycles. The summed E-state index contributed by atoms with van der Waals surface area (Å²) in [6.45, 7) is 2.93. The molecule has 3 atom stereocenters. The molecule has 3 unspecified atom stereocenters. The summed E-state index contributed by atoms with van der Waals surface area (Å²) >= 11 is 0. The molecule has 2 fully saturated rings. The first kappa shape index (κ1) is 4.77. The van der Waals surface area contributed by atoms with Crippen LogP contribution in [-0.2, 0) is 9.47 Å². The van der Waals surface area contributed by atoms with E-state index in [4.69, 9.17) is 9.47 Å². The lowest BCUT2D eigenvalue weighted by Crippen LogP contribution is -2.00. The molecule has 0 aromatic rings. The zero-order valence-electron chi connectivity index (χ0n) is 4.83. The second kappa shape index (κ2) is 1.45. The fourth-order valence-electron chi connectivity index (χ4n) is 0.949. The minimum atomic E-state index is 0.405. The van der Waals surface area contributed by atoms with Crippen LogP contribution in [-0.4, -0.2) is 24.9 Å². The van der Waals surface area contributed by atoms with Crippen molar-refractivity contribution in [2.75, 3.05) is 6.61 Å². The van der Waals surface area contributed by atoms with Crippen molar-refractivity contribution in [3.63, 3.8) is 0 Å². The van der Waals surface area contributed by atoms with Crippen molar-refractivity contribution in [1.82, 2.24) is 0 Å². The van der Waals surface area contributed by atoms with Gasteiger partial charge in [0.2, 0.25) is 0 Å². The van der Waals surface area contributed by atoms with Crippen molar-refractivity contribution in [2.24, 2.45) is 0 Å². The Hall–Kier alpha value is -0.0800. The predicted octanol–water partition coefficient (Wildman–Crippen LogP) is 0.377. The molecule has 2 rings (SSSR count). The van der Waals surface area contributed by atoms with Crippen LogP contribution in [0.2, 0.25) is 0 Å². The van der Waals surface area contributed by atoms with E-state index < -0.39 is 0 Å². The molecule has 0 saturated carbocycles. The summed E-state index contributed by atoms with van der Waals surface area (Å²) in [5, 5.41) is 0. The van der Waals surface area contributed by atoms with Gasteiger partial charge in [-0.25, -0.2) is 0 Å². The summed E-state index contributed by atoms with van der Waals surface area (Å²) in [5.74, 6) is 0. The first-order valence-electron chi connectivity index (χ1n) is 2.98. The van der Waals surface area contributed by atoms with Gasteiger partial charge in [0.1, 0.15) is 12.2 Å². The number of hydrogen-bond donors (Lipinski definition) is 0. The molecule has 2 aliphatic rings. The molecular formula is C6H9O2. The van der Waals surface area contributed by atoms with Crippen LogP contribution in [0, 0.1) is 6.42 Å². The molecule has 0 spiro atoms. The van der Waals surface area contributed by atoms with Gasteiger partial charge in [-0.05, 0) is 6.42 Å². The lowest BCUT2D eigenvalue weighted by Gasteiger charge is -1.78. The Morgan fingerprint density at radius 2 is 2.38 bits per heavy atom. The Labute approximate surface area is 48.8 Å². The second-order valence-corrected chi connectivity index (χ2v) is 2.27. The molecule has 0 N–H and O–H groups in total. The smallest absolute Gasteiger partial charge is 0.113 e. The minimum absolute atomic E-state index is 0.405. The Morgan fingerprint density at radius 3 is 2.75 bits per heavy atom. The fraction of sp³-hybridized carbons (Fsp3) is 0.833. The predicted molar refractivity (Wildman–Crippen MR) is 28.4 cm³/mol. The highest BCUT2D eigenvalue weighted by Gasteiger charge is 2.49. The van der Waals surface area contributed by atoms with Gasteiger partial charge in [0, 0.05) is 0 Å². The molecule has 0 amide bonds. The highest BCUT2D eigenvalue weighted by Crippen LogP contribution is 2.34. The molecule has 1 radical (unpaired) electrons. The topological polar surface area (TPSA) is 25.1 Å². The van der Waals surface area contributed by atoms with Gasteiger partial charge in [0.25, 0.3) is 0 Å². The van der Waals surface area contributed by atoms with Crippen molar-refractivity contribution in [2.45, 2.75) is 25.2 Å². The van der Waals surface area contributed by atoms with Crippen molar-refractivity contribution < 1.29 is 9.47 Å². The Bertz CT molecular complexity index is 98.7. The zero-order valence-corrected chi connectivity index (χ0v) is 4.83. The van der Waals surface area contributed by atoms with Gasteiger partial charge in [0.05, 0.1) is 12.7 Å². The molecule has 45 valence electrons. The van der Waals surface area contributed by atoms with Gasteiger partial charge in [-0.2, -0.15) is 0 Å². The van der Waals surface area contributed by atoms with Gasteiger partial charge in [0.15, 0.2) is 0 Å². The van der Waals surface area contributed by atoms with E-state index in [9.17, 15) is 0 Å². The summed E-state index contributed by atoms with van der Waals surface area (Å²) in [4.78, 5) is 0. The van der Waals surface area contributed by atoms with E-state index in [1.165, 1.54) is 0 Å². The maximum absolute atomic E-state index is 5.21. The normalized spacial score (nSPS) is 51.4. The second-order valence-electron chi connectivity index (χ2n) is 2.27. The maximum atomic E-state index is 5.21. The van der Waals surface area contributed by atoms with E-state index in [2.05, 4.69) is 6.42 Å². The summed E-state index contributed by atoms with van der Waals surface area (Å²) in [5.41, 5.74) is 0. The molecule has 0 aromatic heterocycles. The van der Waals surface area contributed by atoms with E-state index in [0.29, 0.717) is 18.3 Å². The van der Waals surface area contributed by atoms with Crippen molar-refractivity contribution in [3.8, 4) is 0 Å². The molecule has 2 aliphatic heterocycles. The number of rotatable bonds is 2. The monoisotopic (exact) mass is 113 g/mol. The average molecular weight is 113 g/mol. The van der Waals surface area contributed by atoms with Crippen LogP contribution in [0.5, 0.6) is 0 Å². The first-order valence-corrected chi connectivity index (χ1v) is 2.98. The minimum Gasteiger partial charge on any atom is -0.370 e. The molecule has 0 bridgehead atoms. The lowest BCUT2D eigenvalue weighted by atomic mass is 10.2. The highest BCUT2D eigenvalue weighted by molar-refractivity contribution is 5.01. The highest BCUT2D eigenvalue weighted by atomic mass is 16.7. The van der Waals surface area contributed by atoms with E-state index in [0.717, 1.165) is 6.61 Å². The molecule has 0 aromatic carbocycles. The summed E-state index contributed by atoms with van der Waals surface area (Å²) in [6, 6.07) is 0. The van der Waals surface area contributed by atoms with Crippen LogP contribution >= 0.6 is 0 Å². The largest absolute Gasteiger partial charge is 0.370 e. The van der Waals surface area contributed by atoms with E-state index in [-0.39, 0.29) is 0 Å². The molecule has 0 aliphatic carbocycles. The van der Waals surface area contributed by atoms with E-state index in [1.807, 2.05) is 6.92 Å². The standard InChI is InChI=1S/C6H9O2/c1-2-4-6(8-4)5-3-7-5/h2,4-6H,3H2,1H3. The molecule has 8 heavy (non-hydrogen) atoms. The average Bonchev–Trinajstić information content (AvgIpc) is 2.62. The van der Waals surface area contributed by atoms with Gasteiger partial charge in [-0.15, -0.1) is 0 Å². The van der Waals surface area contributed by atoms with Crippen LogP contribution < -0.4 is 0 Å². The van der Waals surface area contributed by atoms with Gasteiger partial charge in [-0.1, -0.05) is 6.92 Å². The zero-order chi connectivity index (χ0) is 5.56. The Kier molecular flexibility index (Phi) is 0.866. The molecule has 2 heteroatoms. The van der Waals surface area contributed by atoms with Gasteiger partial charge >= 0.3 is 0 Å². The summed E-state index contributed by atoms with van der Waals surface area (Å²) in [6.07, 6.45) is 3.34. The Balaban J connectivity index is 1.79. The third-order valence-electron chi connectivity index (χ3n) is 1.62. The number of epoxide rings is 2. The van der Waals surface area contributed by atoms with Crippen LogP contribution in [0.25, 0.3) is 0 Å². The third kappa shape index (κ3) is 0.644. The third-order valence-corrected chi connectivity index (χ3v) is 1.62. The number of hydrogen-bond acceptors (Lipinski definition) is 2. The van der Waals surface area contributed by atoms with Crippen LogP contribution in [0.15, 0.2) is 0 Å². The van der Waals surface area contributed by atoms with Crippen molar-refractivity contribution >= 4 is 0 Å².